The van der Waals surface area contributed by atoms with Crippen molar-refractivity contribution in [3.8, 4) is 5.75 Å². The number of carboxylic acid groups (broad SMARTS) is 1. The van der Waals surface area contributed by atoms with E-state index in [2.05, 4.69) is 10.3 Å². The van der Waals surface area contributed by atoms with Crippen LogP contribution in [0, 0.1) is 0 Å². The highest BCUT2D eigenvalue weighted by atomic mass is 32.2. The molecule has 0 saturated carbocycles. The maximum absolute atomic E-state index is 12.7. The number of carbonyl (C=O) groups excluding carboxylic acids is 1. The van der Waals surface area contributed by atoms with E-state index in [-0.39, 0.29) is 12.3 Å². The summed E-state index contributed by atoms with van der Waals surface area (Å²) in [6.07, 6.45) is 1.73. The monoisotopic (exact) mass is 494 g/mol. The van der Waals surface area contributed by atoms with Gasteiger partial charge >= 0.3 is 5.97 Å². The third-order valence-electron chi connectivity index (χ3n) is 5.55. The van der Waals surface area contributed by atoms with Gasteiger partial charge < -0.3 is 15.2 Å². The Bertz CT molecular complexity index is 1510. The molecule has 36 heavy (non-hydrogen) atoms. The molecular formula is C29H22N2O4S. The van der Waals surface area contributed by atoms with Gasteiger partial charge in [-0.15, -0.1) is 0 Å². The van der Waals surface area contributed by atoms with Crippen molar-refractivity contribution in [2.75, 3.05) is 0 Å². The second-order valence-electron chi connectivity index (χ2n) is 8.23. The van der Waals surface area contributed by atoms with E-state index < -0.39 is 5.97 Å². The first-order valence-corrected chi connectivity index (χ1v) is 12.1. The fourth-order valence-electron chi connectivity index (χ4n) is 3.86. The smallest absolute Gasteiger partial charge is 0.307 e. The van der Waals surface area contributed by atoms with E-state index >= 15 is 0 Å². The lowest BCUT2D eigenvalue weighted by atomic mass is 10.1. The normalized spacial score (nSPS) is 15.4. The van der Waals surface area contributed by atoms with Crippen molar-refractivity contribution in [1.29, 1.82) is 0 Å². The van der Waals surface area contributed by atoms with E-state index in [1.54, 1.807) is 24.3 Å². The Morgan fingerprint density at radius 2 is 1.64 bits per heavy atom. The van der Waals surface area contributed by atoms with Crippen molar-refractivity contribution in [2.45, 2.75) is 13.0 Å². The topological polar surface area (TPSA) is 88.0 Å². The van der Waals surface area contributed by atoms with Crippen LogP contribution in [0.3, 0.4) is 0 Å². The number of thioether (sulfide) groups is 1. The molecule has 2 N–H and O–H groups in total. The number of aliphatic carboxylic acids is 1. The minimum atomic E-state index is -0.908. The molecular weight excluding hydrogens is 472 g/mol. The summed E-state index contributed by atoms with van der Waals surface area (Å²) in [6.45, 7) is 0.411. The van der Waals surface area contributed by atoms with Gasteiger partial charge in [0.15, 0.2) is 5.17 Å². The first kappa shape index (κ1) is 23.4. The number of carboxylic acids is 1. The molecule has 1 fully saturated rings. The maximum Gasteiger partial charge on any atom is 0.307 e. The summed E-state index contributed by atoms with van der Waals surface area (Å²) in [5, 5.41) is 14.4. The number of aliphatic imine (C=N–C) groups is 1. The van der Waals surface area contributed by atoms with Crippen LogP contribution in [-0.2, 0) is 22.6 Å². The molecule has 178 valence electrons. The van der Waals surface area contributed by atoms with Crippen molar-refractivity contribution >= 4 is 51.3 Å². The summed E-state index contributed by atoms with van der Waals surface area (Å²) in [7, 11) is 0. The predicted octanol–water partition coefficient (Wildman–Crippen LogP) is 5.94. The molecule has 1 aliphatic rings. The van der Waals surface area contributed by atoms with Crippen molar-refractivity contribution in [1.82, 2.24) is 5.32 Å². The summed E-state index contributed by atoms with van der Waals surface area (Å²) >= 11 is 1.24. The van der Waals surface area contributed by atoms with Crippen molar-refractivity contribution < 1.29 is 19.4 Å². The van der Waals surface area contributed by atoms with Crippen LogP contribution in [0.25, 0.3) is 16.8 Å². The number of amidine groups is 1. The lowest BCUT2D eigenvalue weighted by Gasteiger charge is -2.12. The molecule has 4 aromatic rings. The van der Waals surface area contributed by atoms with Crippen LogP contribution in [-0.4, -0.2) is 22.2 Å². The third-order valence-corrected chi connectivity index (χ3v) is 6.46. The molecule has 0 spiro atoms. The van der Waals surface area contributed by atoms with Gasteiger partial charge in [0.25, 0.3) is 5.91 Å². The van der Waals surface area contributed by atoms with Gasteiger partial charge in [0.1, 0.15) is 12.4 Å². The number of amides is 1. The lowest BCUT2D eigenvalue weighted by molar-refractivity contribution is -0.136. The van der Waals surface area contributed by atoms with Crippen LogP contribution in [0.15, 0.2) is 101 Å². The molecule has 0 radical (unpaired) electrons. The summed E-state index contributed by atoms with van der Waals surface area (Å²) in [6, 6.07) is 28.9. The Morgan fingerprint density at radius 1 is 0.917 bits per heavy atom. The van der Waals surface area contributed by atoms with Gasteiger partial charge in [-0.05, 0) is 64.0 Å². The number of nitrogens with one attached hydrogen (secondary N) is 1. The number of hydrogen-bond donors (Lipinski definition) is 2. The molecule has 7 heteroatoms. The Kier molecular flexibility index (Phi) is 6.82. The number of nitrogens with zero attached hydrogens (tertiary/aromatic N) is 1. The van der Waals surface area contributed by atoms with Crippen molar-refractivity contribution in [2.24, 2.45) is 4.99 Å². The van der Waals surface area contributed by atoms with Crippen LogP contribution in [0.5, 0.6) is 5.75 Å². The zero-order valence-electron chi connectivity index (χ0n) is 19.2. The molecule has 1 aliphatic heterocycles. The lowest BCUT2D eigenvalue weighted by Crippen LogP contribution is -2.19. The molecule has 0 atom stereocenters. The highest BCUT2D eigenvalue weighted by Crippen LogP contribution is 2.33. The Balaban J connectivity index is 1.43. The molecule has 6 nitrogen and oxygen atoms in total. The van der Waals surface area contributed by atoms with E-state index in [0.29, 0.717) is 33.7 Å². The number of rotatable bonds is 7. The first-order chi connectivity index (χ1) is 17.5. The molecule has 1 heterocycles. The van der Waals surface area contributed by atoms with Gasteiger partial charge in [-0.2, -0.15) is 0 Å². The zero-order chi connectivity index (χ0) is 24.9. The summed E-state index contributed by atoms with van der Waals surface area (Å²) in [5.41, 5.74) is 3.07. The van der Waals surface area contributed by atoms with Gasteiger partial charge in [-0.1, -0.05) is 66.7 Å². The van der Waals surface area contributed by atoms with E-state index in [4.69, 9.17) is 9.84 Å². The van der Waals surface area contributed by atoms with Gasteiger partial charge in [-0.25, -0.2) is 4.99 Å². The van der Waals surface area contributed by atoms with Crippen LogP contribution in [0.4, 0.5) is 5.69 Å². The Labute approximate surface area is 212 Å². The summed E-state index contributed by atoms with van der Waals surface area (Å²) in [5.74, 6) is -0.470. The summed E-state index contributed by atoms with van der Waals surface area (Å²) in [4.78, 5) is 28.7. The number of ether oxygens (including phenoxy) is 1. The highest BCUT2D eigenvalue weighted by molar-refractivity contribution is 8.18. The molecule has 0 aliphatic carbocycles. The SMILES string of the molecule is O=C(O)Cc1cccc(N=C2NC(=O)/C(=C\c3cc4ccccc4cc3OCc3ccccc3)S2)c1. The molecule has 4 aromatic carbocycles. The Morgan fingerprint density at radius 3 is 2.42 bits per heavy atom. The number of fused-ring (bicyclic) bond motifs is 1. The second kappa shape index (κ2) is 10.5. The second-order valence-corrected chi connectivity index (χ2v) is 9.26. The Hall–Kier alpha value is -4.36. The number of carbonyl (C=O) groups is 2. The molecule has 0 aromatic heterocycles. The van der Waals surface area contributed by atoms with Crippen LogP contribution in [0.2, 0.25) is 0 Å². The zero-order valence-corrected chi connectivity index (χ0v) is 20.0. The number of benzene rings is 4. The predicted molar refractivity (Wildman–Crippen MR) is 143 cm³/mol. The van der Waals surface area contributed by atoms with Gasteiger partial charge in [-0.3, -0.25) is 9.59 Å². The van der Waals surface area contributed by atoms with Crippen LogP contribution < -0.4 is 10.1 Å². The van der Waals surface area contributed by atoms with Gasteiger partial charge in [0, 0.05) is 5.56 Å². The van der Waals surface area contributed by atoms with Crippen molar-refractivity contribution in [3.63, 3.8) is 0 Å². The summed E-state index contributed by atoms with van der Waals surface area (Å²) < 4.78 is 6.18. The molecule has 5 rings (SSSR count). The minimum Gasteiger partial charge on any atom is -0.488 e. The van der Waals surface area contributed by atoms with E-state index in [9.17, 15) is 9.59 Å². The van der Waals surface area contributed by atoms with E-state index in [1.807, 2.05) is 72.8 Å². The largest absolute Gasteiger partial charge is 0.488 e. The fourth-order valence-corrected chi connectivity index (χ4v) is 4.69. The standard InChI is InChI=1S/C29H22N2O4S/c32-27(33)14-20-9-6-12-24(13-20)30-29-31-28(34)26(36-29)17-23-15-21-10-4-5-11-22(21)16-25(23)35-18-19-7-2-1-3-8-19/h1-13,15-17H,14,18H2,(H,32,33)(H,30,31,34)/b26-17+. The molecule has 1 saturated heterocycles. The maximum atomic E-state index is 12.7. The van der Waals surface area contributed by atoms with Crippen LogP contribution in [0.1, 0.15) is 16.7 Å². The molecule has 0 unspecified atom stereocenters. The molecule has 1 amide bonds. The average Bonchev–Trinajstić information content (AvgIpc) is 3.21. The quantitative estimate of drug-likeness (QED) is 0.311. The van der Waals surface area contributed by atoms with E-state index in [0.717, 1.165) is 21.9 Å². The third kappa shape index (κ3) is 5.64. The van der Waals surface area contributed by atoms with Gasteiger partial charge in [0.2, 0.25) is 0 Å². The number of hydrogen-bond acceptors (Lipinski definition) is 5. The average molecular weight is 495 g/mol. The van der Waals surface area contributed by atoms with Gasteiger partial charge in [0.05, 0.1) is 17.0 Å². The fraction of sp³-hybridized carbons (Fsp3) is 0.0690. The first-order valence-electron chi connectivity index (χ1n) is 11.3. The van der Waals surface area contributed by atoms with Crippen molar-refractivity contribution in [3.05, 3.63) is 113 Å². The van der Waals surface area contributed by atoms with E-state index in [1.165, 1.54) is 11.8 Å². The molecule has 0 bridgehead atoms. The minimum absolute atomic E-state index is 0.0862. The van der Waals surface area contributed by atoms with Crippen LogP contribution >= 0.6 is 11.8 Å². The highest BCUT2D eigenvalue weighted by Gasteiger charge is 2.24.